The lowest BCUT2D eigenvalue weighted by Crippen LogP contribution is -2.08. The molecule has 0 aliphatic rings. The molecule has 0 aliphatic heterocycles. The summed E-state index contributed by atoms with van der Waals surface area (Å²) in [6, 6.07) is 0. The molecular formula is C18H36O4. The van der Waals surface area contributed by atoms with Crippen LogP contribution in [0.25, 0.3) is 0 Å². The third-order valence-corrected chi connectivity index (χ3v) is 3.72. The summed E-state index contributed by atoms with van der Waals surface area (Å²) in [5.41, 5.74) is 0. The van der Waals surface area contributed by atoms with Gasteiger partial charge in [-0.3, -0.25) is 4.79 Å². The van der Waals surface area contributed by atoms with Gasteiger partial charge in [0, 0.05) is 6.61 Å². The molecule has 0 unspecified atom stereocenters. The van der Waals surface area contributed by atoms with Gasteiger partial charge in [-0.25, -0.2) is 0 Å². The fraction of sp³-hybridized carbons (Fsp3) is 0.944. The van der Waals surface area contributed by atoms with Crippen LogP contribution in [0.2, 0.25) is 0 Å². The number of carbonyl (C=O) groups is 1. The Morgan fingerprint density at radius 2 is 1.14 bits per heavy atom. The highest BCUT2D eigenvalue weighted by Crippen LogP contribution is 2.11. The van der Waals surface area contributed by atoms with Gasteiger partial charge in [0.1, 0.15) is 0 Å². The van der Waals surface area contributed by atoms with Gasteiger partial charge in [-0.05, 0) is 6.42 Å². The molecule has 0 saturated carbocycles. The topological polar surface area (TPSA) is 55.8 Å². The van der Waals surface area contributed by atoms with Crippen molar-refractivity contribution in [1.82, 2.24) is 0 Å². The largest absolute Gasteiger partial charge is 0.481 e. The monoisotopic (exact) mass is 316 g/mol. The molecule has 0 bridgehead atoms. The Hall–Kier alpha value is -0.610. The zero-order chi connectivity index (χ0) is 16.3. The van der Waals surface area contributed by atoms with Crippen LogP contribution in [0.1, 0.15) is 84.0 Å². The molecule has 0 atom stereocenters. The maximum Gasteiger partial charge on any atom is 0.305 e. The van der Waals surface area contributed by atoms with Gasteiger partial charge in [0.2, 0.25) is 0 Å². The average Bonchev–Trinajstić information content (AvgIpc) is 2.50. The summed E-state index contributed by atoms with van der Waals surface area (Å²) in [6.45, 7) is 4.38. The van der Waals surface area contributed by atoms with E-state index < -0.39 is 5.97 Å². The second-order valence-corrected chi connectivity index (χ2v) is 5.90. The van der Waals surface area contributed by atoms with Crippen molar-refractivity contribution in [2.45, 2.75) is 84.0 Å². The first-order chi connectivity index (χ1) is 10.8. The summed E-state index contributed by atoms with van der Waals surface area (Å²) in [5.74, 6) is -0.818. The van der Waals surface area contributed by atoms with Crippen molar-refractivity contribution < 1.29 is 19.4 Å². The van der Waals surface area contributed by atoms with Gasteiger partial charge in [-0.1, -0.05) is 71.1 Å². The average molecular weight is 316 g/mol. The number of unbranched alkanes of at least 4 members (excludes halogenated alkanes) is 10. The van der Waals surface area contributed by atoms with E-state index in [1.807, 2.05) is 0 Å². The number of carboxylic acids is 1. The molecule has 0 aliphatic carbocycles. The minimum Gasteiger partial charge on any atom is -0.481 e. The molecular weight excluding hydrogens is 280 g/mol. The summed E-state index contributed by atoms with van der Waals surface area (Å²) < 4.78 is 10.6. The predicted octanol–water partition coefficient (Wildman–Crippen LogP) is 4.81. The van der Waals surface area contributed by atoms with Crippen LogP contribution in [0.15, 0.2) is 0 Å². The number of ether oxygens (including phenoxy) is 2. The van der Waals surface area contributed by atoms with E-state index in [9.17, 15) is 4.79 Å². The predicted molar refractivity (Wildman–Crippen MR) is 90.4 cm³/mol. The zero-order valence-electron chi connectivity index (χ0n) is 14.5. The molecule has 0 aromatic carbocycles. The molecule has 0 radical (unpaired) electrons. The molecule has 0 aromatic rings. The number of carboxylic acid groups (broad SMARTS) is 1. The smallest absolute Gasteiger partial charge is 0.305 e. The van der Waals surface area contributed by atoms with Crippen LogP contribution in [0, 0.1) is 0 Å². The Balaban J connectivity index is 2.95. The van der Waals surface area contributed by atoms with Crippen molar-refractivity contribution in [3.05, 3.63) is 0 Å². The highest BCUT2D eigenvalue weighted by Gasteiger charge is 1.96. The van der Waals surface area contributed by atoms with Gasteiger partial charge < -0.3 is 14.6 Å². The van der Waals surface area contributed by atoms with Crippen molar-refractivity contribution in [2.75, 3.05) is 26.4 Å². The Morgan fingerprint density at radius 3 is 1.64 bits per heavy atom. The fourth-order valence-electron chi connectivity index (χ4n) is 2.35. The minimum absolute atomic E-state index is 0.0681. The lowest BCUT2D eigenvalue weighted by molar-refractivity contribution is -0.138. The summed E-state index contributed by atoms with van der Waals surface area (Å²) in [7, 11) is 0. The van der Waals surface area contributed by atoms with Crippen molar-refractivity contribution in [2.24, 2.45) is 0 Å². The number of hydrogen-bond acceptors (Lipinski definition) is 3. The Morgan fingerprint density at radius 1 is 0.682 bits per heavy atom. The molecule has 0 rings (SSSR count). The Kier molecular flexibility index (Phi) is 17.9. The first-order valence-corrected chi connectivity index (χ1v) is 9.14. The van der Waals surface area contributed by atoms with Crippen LogP contribution in [-0.4, -0.2) is 37.5 Å². The molecule has 1 N–H and O–H groups in total. The van der Waals surface area contributed by atoms with Gasteiger partial charge >= 0.3 is 5.97 Å². The zero-order valence-corrected chi connectivity index (χ0v) is 14.5. The van der Waals surface area contributed by atoms with Gasteiger partial charge in [0.15, 0.2) is 0 Å². The van der Waals surface area contributed by atoms with Gasteiger partial charge in [0.05, 0.1) is 26.2 Å². The van der Waals surface area contributed by atoms with Crippen LogP contribution in [-0.2, 0) is 14.3 Å². The van der Waals surface area contributed by atoms with Crippen molar-refractivity contribution in [3.63, 3.8) is 0 Å². The first kappa shape index (κ1) is 21.4. The summed E-state index contributed by atoms with van der Waals surface area (Å²) in [5, 5.41) is 8.43. The normalized spacial score (nSPS) is 11.0. The third kappa shape index (κ3) is 19.4. The summed E-state index contributed by atoms with van der Waals surface area (Å²) in [6.07, 6.45) is 14.8. The Bertz CT molecular complexity index is 231. The quantitative estimate of drug-likeness (QED) is 0.369. The van der Waals surface area contributed by atoms with Gasteiger partial charge in [0.25, 0.3) is 0 Å². The van der Waals surface area contributed by atoms with Crippen LogP contribution >= 0.6 is 0 Å². The molecule has 22 heavy (non-hydrogen) atoms. The van der Waals surface area contributed by atoms with E-state index in [1.54, 1.807) is 0 Å². The fourth-order valence-corrected chi connectivity index (χ4v) is 2.35. The molecule has 0 saturated heterocycles. The molecule has 0 amide bonds. The SMILES string of the molecule is CCCCCCCCCCCCCOCCOCCC(=O)O. The van der Waals surface area contributed by atoms with E-state index in [2.05, 4.69) is 6.92 Å². The van der Waals surface area contributed by atoms with Crippen molar-refractivity contribution in [1.29, 1.82) is 0 Å². The highest BCUT2D eigenvalue weighted by molar-refractivity contribution is 5.66. The molecule has 0 fully saturated rings. The molecule has 0 heterocycles. The van der Waals surface area contributed by atoms with Crippen LogP contribution in [0.4, 0.5) is 0 Å². The summed E-state index contributed by atoms with van der Waals surface area (Å²) >= 11 is 0. The van der Waals surface area contributed by atoms with Gasteiger partial charge in [-0.2, -0.15) is 0 Å². The van der Waals surface area contributed by atoms with E-state index in [1.165, 1.54) is 64.2 Å². The lowest BCUT2D eigenvalue weighted by Gasteiger charge is -2.05. The van der Waals surface area contributed by atoms with Crippen molar-refractivity contribution in [3.8, 4) is 0 Å². The lowest BCUT2D eigenvalue weighted by atomic mass is 10.1. The van der Waals surface area contributed by atoms with Gasteiger partial charge in [-0.15, -0.1) is 0 Å². The molecule has 132 valence electrons. The number of rotatable bonds is 18. The van der Waals surface area contributed by atoms with E-state index >= 15 is 0 Å². The minimum atomic E-state index is -0.818. The van der Waals surface area contributed by atoms with Crippen molar-refractivity contribution >= 4 is 5.97 Å². The second kappa shape index (κ2) is 18.4. The second-order valence-electron chi connectivity index (χ2n) is 5.90. The van der Waals surface area contributed by atoms with E-state index in [0.717, 1.165) is 13.0 Å². The maximum atomic E-state index is 10.2. The van der Waals surface area contributed by atoms with E-state index in [0.29, 0.717) is 13.2 Å². The number of aliphatic carboxylic acids is 1. The summed E-state index contributed by atoms with van der Waals surface area (Å²) in [4.78, 5) is 10.2. The third-order valence-electron chi connectivity index (χ3n) is 3.72. The van der Waals surface area contributed by atoms with E-state index in [4.69, 9.17) is 14.6 Å². The molecule has 4 nitrogen and oxygen atoms in total. The molecule has 0 spiro atoms. The highest BCUT2D eigenvalue weighted by atomic mass is 16.5. The molecule has 4 heteroatoms. The maximum absolute atomic E-state index is 10.2. The number of hydrogen-bond donors (Lipinski definition) is 1. The standard InChI is InChI=1S/C18H36O4/c1-2-3-4-5-6-7-8-9-10-11-12-14-21-16-17-22-15-13-18(19)20/h2-17H2,1H3,(H,19,20). The Labute approximate surface area is 136 Å². The van der Waals surface area contributed by atoms with Crippen LogP contribution in [0.5, 0.6) is 0 Å². The first-order valence-electron chi connectivity index (χ1n) is 9.14. The van der Waals surface area contributed by atoms with Crippen LogP contribution < -0.4 is 0 Å². The van der Waals surface area contributed by atoms with E-state index in [-0.39, 0.29) is 13.0 Å². The molecule has 0 aromatic heterocycles. The van der Waals surface area contributed by atoms with Crippen LogP contribution in [0.3, 0.4) is 0 Å².